The van der Waals surface area contributed by atoms with Gasteiger partial charge in [-0.25, -0.2) is 0 Å². The molecule has 1 atom stereocenters. The highest BCUT2D eigenvalue weighted by atomic mass is 16.6. The fourth-order valence-corrected chi connectivity index (χ4v) is 3.51. The van der Waals surface area contributed by atoms with Crippen LogP contribution in [0.4, 0.5) is 5.69 Å². The average molecular weight is 243 g/mol. The monoisotopic (exact) mass is 243 g/mol. The van der Waals surface area contributed by atoms with E-state index >= 15 is 0 Å². The van der Waals surface area contributed by atoms with Gasteiger partial charge in [-0.05, 0) is 36.2 Å². The highest BCUT2D eigenvalue weighted by Gasteiger charge is 2.38. The number of nitrogens with zero attached hydrogens (tertiary/aromatic N) is 1. The molecule has 0 bridgehead atoms. The van der Waals surface area contributed by atoms with E-state index in [-0.39, 0.29) is 10.6 Å². The van der Waals surface area contributed by atoms with E-state index in [0.717, 1.165) is 30.4 Å². The predicted molar refractivity (Wildman–Crippen MR) is 71.3 cm³/mol. The number of hydrogen-bond acceptors (Lipinski definition) is 2. The van der Waals surface area contributed by atoms with Gasteiger partial charge in [-0.15, -0.1) is 0 Å². The van der Waals surface area contributed by atoms with Crippen LogP contribution in [0.1, 0.15) is 37.8 Å². The molecule has 1 aromatic rings. The molecule has 3 nitrogen and oxygen atoms in total. The summed E-state index contributed by atoms with van der Waals surface area (Å²) in [4.78, 5) is 10.8. The molecule has 1 unspecified atom stereocenters. The van der Waals surface area contributed by atoms with Gasteiger partial charge in [0.2, 0.25) is 0 Å². The van der Waals surface area contributed by atoms with Crippen molar-refractivity contribution in [2.75, 3.05) is 0 Å². The van der Waals surface area contributed by atoms with Crippen molar-refractivity contribution in [1.82, 2.24) is 0 Å². The summed E-state index contributed by atoms with van der Waals surface area (Å²) >= 11 is 0. The highest BCUT2D eigenvalue weighted by Crippen LogP contribution is 2.49. The van der Waals surface area contributed by atoms with Crippen LogP contribution in [0.15, 0.2) is 23.8 Å². The second-order valence-corrected chi connectivity index (χ2v) is 6.27. The fraction of sp³-hybridized carbons (Fsp3) is 0.467. The average Bonchev–Trinajstić information content (AvgIpc) is 2.57. The van der Waals surface area contributed by atoms with Gasteiger partial charge in [0.25, 0.3) is 5.69 Å². The molecule has 3 heteroatoms. The van der Waals surface area contributed by atoms with E-state index in [1.54, 1.807) is 12.1 Å². The summed E-state index contributed by atoms with van der Waals surface area (Å²) in [5, 5.41) is 11.1. The molecule has 1 saturated carbocycles. The molecule has 0 aromatic heterocycles. The second-order valence-electron chi connectivity index (χ2n) is 6.27. The molecule has 18 heavy (non-hydrogen) atoms. The van der Waals surface area contributed by atoms with Gasteiger partial charge in [0.1, 0.15) is 0 Å². The molecule has 2 aliphatic rings. The molecule has 0 saturated heterocycles. The van der Waals surface area contributed by atoms with Gasteiger partial charge in [-0.2, -0.15) is 0 Å². The molecule has 0 spiro atoms. The molecule has 1 aromatic carbocycles. The normalized spacial score (nSPS) is 24.1. The standard InChI is InChI=1S/C15H17NO2/c1-15(2)8-11-6-10-4-3-5-14(16(17)18)13(10)7-12(11)9-15/h3-6,12H,7-9H2,1-2H3. The van der Waals surface area contributed by atoms with Gasteiger partial charge in [0.05, 0.1) is 4.92 Å². The summed E-state index contributed by atoms with van der Waals surface area (Å²) in [5.41, 5.74) is 4.08. The lowest BCUT2D eigenvalue weighted by atomic mass is 9.84. The van der Waals surface area contributed by atoms with Gasteiger partial charge < -0.3 is 0 Å². The van der Waals surface area contributed by atoms with E-state index in [0.29, 0.717) is 11.3 Å². The molecule has 0 radical (unpaired) electrons. The maximum Gasteiger partial charge on any atom is 0.273 e. The van der Waals surface area contributed by atoms with E-state index in [2.05, 4.69) is 19.9 Å². The van der Waals surface area contributed by atoms with Gasteiger partial charge in [0, 0.05) is 11.6 Å². The quantitative estimate of drug-likeness (QED) is 0.553. The highest BCUT2D eigenvalue weighted by molar-refractivity contribution is 5.66. The second kappa shape index (κ2) is 3.67. The molecule has 0 amide bonds. The number of fused-ring (bicyclic) bond motifs is 2. The third-order valence-corrected chi connectivity index (χ3v) is 4.18. The largest absolute Gasteiger partial charge is 0.273 e. The van der Waals surface area contributed by atoms with Crippen LogP contribution in [0.2, 0.25) is 0 Å². The zero-order valence-electron chi connectivity index (χ0n) is 10.8. The summed E-state index contributed by atoms with van der Waals surface area (Å²) < 4.78 is 0. The van der Waals surface area contributed by atoms with Crippen LogP contribution in [-0.2, 0) is 6.42 Å². The molecule has 0 N–H and O–H groups in total. The van der Waals surface area contributed by atoms with Crippen molar-refractivity contribution in [2.45, 2.75) is 33.1 Å². The summed E-state index contributed by atoms with van der Waals surface area (Å²) in [6.07, 6.45) is 5.29. The number of benzene rings is 1. The molecular formula is C15H17NO2. The summed E-state index contributed by atoms with van der Waals surface area (Å²) in [6.45, 7) is 4.57. The SMILES string of the molecule is CC1(C)CC2=Cc3cccc([N+](=O)[O-])c3CC2C1. The Hall–Kier alpha value is -1.64. The Morgan fingerprint density at radius 2 is 2.17 bits per heavy atom. The Labute approximate surface area is 107 Å². The number of allylic oxidation sites excluding steroid dienone is 1. The minimum atomic E-state index is -0.252. The number of nitro benzene ring substituents is 1. The third kappa shape index (κ3) is 1.74. The van der Waals surface area contributed by atoms with Crippen molar-refractivity contribution in [1.29, 1.82) is 0 Å². The smallest absolute Gasteiger partial charge is 0.258 e. The first-order valence-electron chi connectivity index (χ1n) is 6.43. The van der Waals surface area contributed by atoms with Crippen LogP contribution in [0.3, 0.4) is 0 Å². The minimum absolute atomic E-state index is 0.252. The summed E-state index contributed by atoms with van der Waals surface area (Å²) in [5.74, 6) is 0.508. The van der Waals surface area contributed by atoms with Crippen molar-refractivity contribution in [2.24, 2.45) is 11.3 Å². The van der Waals surface area contributed by atoms with Gasteiger partial charge >= 0.3 is 0 Å². The van der Waals surface area contributed by atoms with E-state index in [9.17, 15) is 10.1 Å². The van der Waals surface area contributed by atoms with Crippen molar-refractivity contribution < 1.29 is 4.92 Å². The Morgan fingerprint density at radius 3 is 2.89 bits per heavy atom. The molecule has 0 aliphatic heterocycles. The van der Waals surface area contributed by atoms with Crippen molar-refractivity contribution in [3.8, 4) is 0 Å². The van der Waals surface area contributed by atoms with E-state index in [4.69, 9.17) is 0 Å². The predicted octanol–water partition coefficient (Wildman–Crippen LogP) is 3.97. The Kier molecular flexibility index (Phi) is 2.34. The lowest BCUT2D eigenvalue weighted by Crippen LogP contribution is -2.11. The lowest BCUT2D eigenvalue weighted by Gasteiger charge is -2.20. The van der Waals surface area contributed by atoms with Gasteiger partial charge in [-0.1, -0.05) is 37.6 Å². The van der Waals surface area contributed by atoms with Crippen molar-refractivity contribution in [3.05, 3.63) is 45.0 Å². The van der Waals surface area contributed by atoms with Crippen molar-refractivity contribution in [3.63, 3.8) is 0 Å². The number of hydrogen-bond donors (Lipinski definition) is 0. The van der Waals surface area contributed by atoms with Crippen LogP contribution in [0.5, 0.6) is 0 Å². The first-order valence-corrected chi connectivity index (χ1v) is 6.43. The van der Waals surface area contributed by atoms with Crippen LogP contribution in [0, 0.1) is 21.4 Å². The number of rotatable bonds is 1. The summed E-state index contributed by atoms with van der Waals surface area (Å²) in [7, 11) is 0. The van der Waals surface area contributed by atoms with Crippen LogP contribution in [-0.4, -0.2) is 4.92 Å². The van der Waals surface area contributed by atoms with E-state index < -0.39 is 0 Å². The minimum Gasteiger partial charge on any atom is -0.258 e. The third-order valence-electron chi connectivity index (χ3n) is 4.18. The van der Waals surface area contributed by atoms with Crippen LogP contribution in [0.25, 0.3) is 6.08 Å². The molecule has 3 rings (SSSR count). The van der Waals surface area contributed by atoms with Crippen LogP contribution >= 0.6 is 0 Å². The van der Waals surface area contributed by atoms with Gasteiger partial charge in [0.15, 0.2) is 0 Å². The lowest BCUT2D eigenvalue weighted by molar-refractivity contribution is -0.385. The Balaban J connectivity index is 2.06. The van der Waals surface area contributed by atoms with Crippen LogP contribution < -0.4 is 0 Å². The van der Waals surface area contributed by atoms with E-state index in [1.165, 1.54) is 5.57 Å². The fourth-order valence-electron chi connectivity index (χ4n) is 3.51. The molecule has 1 fully saturated rings. The number of nitro groups is 1. The maximum absolute atomic E-state index is 11.1. The Morgan fingerprint density at radius 1 is 1.39 bits per heavy atom. The zero-order valence-corrected chi connectivity index (χ0v) is 10.8. The molecule has 94 valence electrons. The Bertz CT molecular complexity index is 558. The first-order chi connectivity index (χ1) is 8.46. The topological polar surface area (TPSA) is 43.1 Å². The summed E-state index contributed by atoms with van der Waals surface area (Å²) in [6, 6.07) is 5.41. The maximum atomic E-state index is 11.1. The first kappa shape index (κ1) is 11.5. The molecule has 0 heterocycles. The van der Waals surface area contributed by atoms with E-state index in [1.807, 2.05) is 6.07 Å². The molecule has 2 aliphatic carbocycles. The molecular weight excluding hydrogens is 226 g/mol. The zero-order chi connectivity index (χ0) is 12.9. The van der Waals surface area contributed by atoms with Gasteiger partial charge in [-0.3, -0.25) is 10.1 Å². The van der Waals surface area contributed by atoms with Crippen molar-refractivity contribution >= 4 is 11.8 Å².